The van der Waals surface area contributed by atoms with Gasteiger partial charge in [-0.05, 0) is 19.8 Å². The quantitative estimate of drug-likeness (QED) is 0.740. The number of hydrogen-bond acceptors (Lipinski definition) is 4. The number of carbonyl (C=O) groups excluding carboxylic acids is 1. The zero-order valence-corrected chi connectivity index (χ0v) is 10.8. The minimum absolute atomic E-state index is 0.0496. The Morgan fingerprint density at radius 1 is 1.56 bits per heavy atom. The Kier molecular flexibility index (Phi) is 3.96. The maximum atomic E-state index is 12.4. The second kappa shape index (κ2) is 5.48. The first-order valence-corrected chi connectivity index (χ1v) is 6.54. The first-order valence-electron chi connectivity index (χ1n) is 6.54. The molecule has 1 amide bonds. The summed E-state index contributed by atoms with van der Waals surface area (Å²) in [5.41, 5.74) is 5.45. The highest BCUT2D eigenvalue weighted by Crippen LogP contribution is 2.36. The standard InChI is InChI=1S/C12H21N5O/c1-9(10-14-8-15-17-10)16-11(18)12(7-13)5-3-2-4-6-12/h8-9H,2-7,13H2,1H3,(H,16,18)(H,14,15,17). The van der Waals surface area contributed by atoms with Crippen molar-refractivity contribution in [2.75, 3.05) is 6.54 Å². The second-order valence-corrected chi connectivity index (χ2v) is 5.11. The lowest BCUT2D eigenvalue weighted by atomic mass is 9.73. The lowest BCUT2D eigenvalue weighted by Crippen LogP contribution is -2.47. The molecule has 18 heavy (non-hydrogen) atoms. The van der Waals surface area contributed by atoms with Crippen molar-refractivity contribution < 1.29 is 4.79 Å². The smallest absolute Gasteiger partial charge is 0.228 e. The molecule has 1 aliphatic rings. The molecule has 1 saturated carbocycles. The minimum Gasteiger partial charge on any atom is -0.346 e. The molecule has 1 aromatic heterocycles. The first kappa shape index (κ1) is 13.0. The molecule has 0 radical (unpaired) electrons. The molecular formula is C12H21N5O. The van der Waals surface area contributed by atoms with Gasteiger partial charge in [-0.3, -0.25) is 9.89 Å². The number of nitrogens with zero attached hydrogens (tertiary/aromatic N) is 2. The van der Waals surface area contributed by atoms with Gasteiger partial charge in [0.2, 0.25) is 5.91 Å². The summed E-state index contributed by atoms with van der Waals surface area (Å²) >= 11 is 0. The molecule has 1 atom stereocenters. The average Bonchev–Trinajstić information content (AvgIpc) is 2.93. The fraction of sp³-hybridized carbons (Fsp3) is 0.750. The fourth-order valence-corrected chi connectivity index (χ4v) is 2.59. The molecule has 0 aliphatic heterocycles. The molecule has 4 N–H and O–H groups in total. The average molecular weight is 251 g/mol. The van der Waals surface area contributed by atoms with E-state index in [-0.39, 0.29) is 17.4 Å². The van der Waals surface area contributed by atoms with Crippen LogP contribution < -0.4 is 11.1 Å². The van der Waals surface area contributed by atoms with Crippen LogP contribution in [0.15, 0.2) is 6.33 Å². The SMILES string of the molecule is CC(NC(=O)C1(CN)CCCCC1)c1ncn[nH]1. The monoisotopic (exact) mass is 251 g/mol. The number of aromatic nitrogens is 3. The topological polar surface area (TPSA) is 96.7 Å². The first-order chi connectivity index (χ1) is 8.68. The zero-order chi connectivity index (χ0) is 13.0. The van der Waals surface area contributed by atoms with Crippen molar-refractivity contribution in [3.05, 3.63) is 12.2 Å². The summed E-state index contributed by atoms with van der Waals surface area (Å²) < 4.78 is 0. The Labute approximate surface area is 107 Å². The summed E-state index contributed by atoms with van der Waals surface area (Å²) in [6.07, 6.45) is 6.59. The van der Waals surface area contributed by atoms with E-state index in [9.17, 15) is 4.79 Å². The Morgan fingerprint density at radius 2 is 2.28 bits per heavy atom. The molecule has 0 saturated heterocycles. The van der Waals surface area contributed by atoms with Crippen LogP contribution in [0.5, 0.6) is 0 Å². The highest BCUT2D eigenvalue weighted by Gasteiger charge is 2.38. The molecule has 100 valence electrons. The summed E-state index contributed by atoms with van der Waals surface area (Å²) in [5, 5.41) is 9.55. The van der Waals surface area contributed by atoms with Gasteiger partial charge in [-0.1, -0.05) is 19.3 Å². The van der Waals surface area contributed by atoms with E-state index >= 15 is 0 Å². The van der Waals surface area contributed by atoms with E-state index in [1.807, 2.05) is 6.92 Å². The number of rotatable bonds is 4. The normalized spacial score (nSPS) is 20.3. The molecular weight excluding hydrogens is 230 g/mol. The summed E-state index contributed by atoms with van der Waals surface area (Å²) in [5.74, 6) is 0.722. The summed E-state index contributed by atoms with van der Waals surface area (Å²) in [4.78, 5) is 16.5. The Hall–Kier alpha value is -1.43. The van der Waals surface area contributed by atoms with E-state index in [4.69, 9.17) is 5.73 Å². The number of hydrogen-bond donors (Lipinski definition) is 3. The summed E-state index contributed by atoms with van der Waals surface area (Å²) in [7, 11) is 0. The Morgan fingerprint density at radius 3 is 2.83 bits per heavy atom. The molecule has 1 aromatic rings. The van der Waals surface area contributed by atoms with E-state index in [1.165, 1.54) is 12.7 Å². The van der Waals surface area contributed by atoms with Gasteiger partial charge >= 0.3 is 0 Å². The van der Waals surface area contributed by atoms with Gasteiger partial charge in [0.15, 0.2) is 0 Å². The van der Waals surface area contributed by atoms with Crippen LogP contribution in [0.25, 0.3) is 0 Å². The minimum atomic E-state index is -0.382. The van der Waals surface area contributed by atoms with Gasteiger partial charge < -0.3 is 11.1 Å². The van der Waals surface area contributed by atoms with E-state index in [0.717, 1.165) is 25.7 Å². The van der Waals surface area contributed by atoms with Gasteiger partial charge in [-0.2, -0.15) is 5.10 Å². The number of H-pyrrole nitrogens is 1. The number of nitrogens with one attached hydrogen (secondary N) is 2. The van der Waals surface area contributed by atoms with Gasteiger partial charge in [0.25, 0.3) is 0 Å². The van der Waals surface area contributed by atoms with Crippen molar-refractivity contribution in [1.29, 1.82) is 0 Å². The van der Waals surface area contributed by atoms with Gasteiger partial charge in [0.1, 0.15) is 12.2 Å². The summed E-state index contributed by atoms with van der Waals surface area (Å²) in [6.45, 7) is 2.31. The van der Waals surface area contributed by atoms with Crippen LogP contribution in [-0.4, -0.2) is 27.6 Å². The molecule has 0 bridgehead atoms. The lowest BCUT2D eigenvalue weighted by molar-refractivity contribution is -0.133. The van der Waals surface area contributed by atoms with Crippen LogP contribution in [0.2, 0.25) is 0 Å². The highest BCUT2D eigenvalue weighted by atomic mass is 16.2. The maximum absolute atomic E-state index is 12.4. The maximum Gasteiger partial charge on any atom is 0.228 e. The molecule has 1 heterocycles. The van der Waals surface area contributed by atoms with E-state index < -0.39 is 0 Å². The number of carbonyl (C=O) groups is 1. The number of nitrogens with two attached hydrogens (primary N) is 1. The van der Waals surface area contributed by atoms with Crippen LogP contribution in [0.4, 0.5) is 0 Å². The third-order valence-corrected chi connectivity index (χ3v) is 3.87. The van der Waals surface area contributed by atoms with Crippen LogP contribution in [0.1, 0.15) is 50.9 Å². The van der Waals surface area contributed by atoms with Crippen LogP contribution in [0, 0.1) is 5.41 Å². The van der Waals surface area contributed by atoms with Gasteiger partial charge in [0.05, 0.1) is 11.5 Å². The van der Waals surface area contributed by atoms with E-state index in [1.54, 1.807) is 0 Å². The van der Waals surface area contributed by atoms with Gasteiger partial charge in [0, 0.05) is 6.54 Å². The molecule has 1 unspecified atom stereocenters. The zero-order valence-electron chi connectivity index (χ0n) is 10.8. The third-order valence-electron chi connectivity index (χ3n) is 3.87. The van der Waals surface area contributed by atoms with Crippen LogP contribution in [-0.2, 0) is 4.79 Å². The van der Waals surface area contributed by atoms with Crippen molar-refractivity contribution in [3.63, 3.8) is 0 Å². The van der Waals surface area contributed by atoms with Crippen molar-refractivity contribution in [2.24, 2.45) is 11.1 Å². The Bertz CT molecular complexity index is 383. The lowest BCUT2D eigenvalue weighted by Gasteiger charge is -2.35. The van der Waals surface area contributed by atoms with Gasteiger partial charge in [-0.15, -0.1) is 0 Å². The van der Waals surface area contributed by atoms with E-state index in [2.05, 4.69) is 20.5 Å². The molecule has 2 rings (SSSR count). The molecule has 6 heteroatoms. The van der Waals surface area contributed by atoms with Gasteiger partial charge in [-0.25, -0.2) is 4.98 Å². The largest absolute Gasteiger partial charge is 0.346 e. The van der Waals surface area contributed by atoms with Crippen molar-refractivity contribution in [2.45, 2.75) is 45.1 Å². The molecule has 0 spiro atoms. The number of amides is 1. The predicted octanol–water partition coefficient (Wildman–Crippen LogP) is 0.891. The van der Waals surface area contributed by atoms with Crippen LogP contribution in [0.3, 0.4) is 0 Å². The number of aromatic amines is 1. The second-order valence-electron chi connectivity index (χ2n) is 5.11. The van der Waals surface area contributed by atoms with E-state index in [0.29, 0.717) is 12.4 Å². The molecule has 0 aromatic carbocycles. The molecule has 1 fully saturated rings. The summed E-state index contributed by atoms with van der Waals surface area (Å²) in [6, 6.07) is -0.162. The van der Waals surface area contributed by atoms with Crippen molar-refractivity contribution in [3.8, 4) is 0 Å². The Balaban J connectivity index is 2.01. The fourth-order valence-electron chi connectivity index (χ4n) is 2.59. The molecule has 6 nitrogen and oxygen atoms in total. The molecule has 1 aliphatic carbocycles. The third kappa shape index (κ3) is 2.53. The van der Waals surface area contributed by atoms with Crippen LogP contribution >= 0.6 is 0 Å². The van der Waals surface area contributed by atoms with Crippen molar-refractivity contribution >= 4 is 5.91 Å². The van der Waals surface area contributed by atoms with Crippen molar-refractivity contribution in [1.82, 2.24) is 20.5 Å². The predicted molar refractivity (Wildman–Crippen MR) is 67.5 cm³/mol. The highest BCUT2D eigenvalue weighted by molar-refractivity contribution is 5.83.